The highest BCUT2D eigenvalue weighted by Gasteiger charge is 2.10. The van der Waals surface area contributed by atoms with E-state index >= 15 is 0 Å². The molecule has 0 spiro atoms. The van der Waals surface area contributed by atoms with Crippen molar-refractivity contribution in [3.63, 3.8) is 0 Å². The minimum atomic E-state index is -0.215. The first kappa shape index (κ1) is 16.6. The van der Waals surface area contributed by atoms with Gasteiger partial charge in [-0.3, -0.25) is 14.7 Å². The Balaban J connectivity index is 1.75. The summed E-state index contributed by atoms with van der Waals surface area (Å²) in [7, 11) is 0. The second-order valence-corrected chi connectivity index (χ2v) is 5.86. The molecule has 0 atom stereocenters. The zero-order chi connectivity index (χ0) is 18.0. The number of ketones is 1. The highest BCUT2D eigenvalue weighted by Crippen LogP contribution is 2.18. The fourth-order valence-corrected chi connectivity index (χ4v) is 2.58. The molecule has 2 aromatic carbocycles. The molecule has 0 fully saturated rings. The van der Waals surface area contributed by atoms with Crippen molar-refractivity contribution in [1.29, 1.82) is 0 Å². The fourth-order valence-electron chi connectivity index (χ4n) is 2.58. The van der Waals surface area contributed by atoms with E-state index in [0.717, 1.165) is 17.0 Å². The van der Waals surface area contributed by atoms with E-state index in [1.807, 2.05) is 26.0 Å². The van der Waals surface area contributed by atoms with Crippen molar-refractivity contribution < 1.29 is 9.59 Å². The standard InChI is InChI=1S/C19H18N4O2/c1-11-10-16(8-9-17(11)12(2)24)21-19(25)15-6-4-14(5-7-15)18-20-13(3)22-23-18/h4-10H,1-3H3,(H,21,25)(H,20,22,23). The van der Waals surface area contributed by atoms with Gasteiger partial charge in [0.15, 0.2) is 11.6 Å². The second kappa shape index (κ2) is 6.68. The molecule has 0 saturated heterocycles. The lowest BCUT2D eigenvalue weighted by Gasteiger charge is -2.08. The Labute approximate surface area is 145 Å². The summed E-state index contributed by atoms with van der Waals surface area (Å²) in [6, 6.07) is 12.3. The molecule has 0 aliphatic heterocycles. The summed E-state index contributed by atoms with van der Waals surface area (Å²) >= 11 is 0. The third kappa shape index (κ3) is 3.63. The zero-order valence-corrected chi connectivity index (χ0v) is 14.3. The van der Waals surface area contributed by atoms with E-state index < -0.39 is 0 Å². The van der Waals surface area contributed by atoms with Crippen molar-refractivity contribution in [2.75, 3.05) is 5.32 Å². The highest BCUT2D eigenvalue weighted by atomic mass is 16.1. The molecule has 0 unspecified atom stereocenters. The van der Waals surface area contributed by atoms with E-state index in [1.54, 1.807) is 30.3 Å². The smallest absolute Gasteiger partial charge is 0.255 e. The third-order valence-electron chi connectivity index (χ3n) is 3.87. The zero-order valence-electron chi connectivity index (χ0n) is 14.3. The normalized spacial score (nSPS) is 10.5. The first-order valence-electron chi connectivity index (χ1n) is 7.86. The van der Waals surface area contributed by atoms with Crippen LogP contribution in [0.2, 0.25) is 0 Å². The number of nitrogens with one attached hydrogen (secondary N) is 2. The topological polar surface area (TPSA) is 87.7 Å². The number of carbonyl (C=O) groups is 2. The van der Waals surface area contributed by atoms with Crippen LogP contribution in [0.5, 0.6) is 0 Å². The van der Waals surface area contributed by atoms with E-state index in [1.165, 1.54) is 6.92 Å². The van der Waals surface area contributed by atoms with Crippen LogP contribution in [-0.4, -0.2) is 26.9 Å². The predicted octanol–water partition coefficient (Wildman–Crippen LogP) is 3.54. The summed E-state index contributed by atoms with van der Waals surface area (Å²) in [4.78, 5) is 28.1. The van der Waals surface area contributed by atoms with E-state index in [4.69, 9.17) is 0 Å². The van der Waals surface area contributed by atoms with Gasteiger partial charge in [-0.15, -0.1) is 0 Å². The number of rotatable bonds is 4. The number of aromatic nitrogens is 3. The predicted molar refractivity (Wildman–Crippen MR) is 95.7 cm³/mol. The van der Waals surface area contributed by atoms with E-state index in [9.17, 15) is 9.59 Å². The van der Waals surface area contributed by atoms with Gasteiger partial charge in [0.2, 0.25) is 0 Å². The van der Waals surface area contributed by atoms with Gasteiger partial charge in [0.1, 0.15) is 5.82 Å². The van der Waals surface area contributed by atoms with Gasteiger partial charge >= 0.3 is 0 Å². The Kier molecular flexibility index (Phi) is 4.43. The molecule has 2 N–H and O–H groups in total. The number of benzene rings is 2. The summed E-state index contributed by atoms with van der Waals surface area (Å²) in [5.74, 6) is 1.13. The number of amides is 1. The lowest BCUT2D eigenvalue weighted by molar-refractivity contribution is 0.101. The minimum absolute atomic E-state index is 0.00757. The van der Waals surface area contributed by atoms with Gasteiger partial charge in [-0.2, -0.15) is 5.10 Å². The van der Waals surface area contributed by atoms with Crippen LogP contribution in [-0.2, 0) is 0 Å². The third-order valence-corrected chi connectivity index (χ3v) is 3.87. The number of carbonyl (C=O) groups excluding carboxylic acids is 2. The Hall–Kier alpha value is -3.28. The molecule has 3 aromatic rings. The van der Waals surface area contributed by atoms with E-state index in [-0.39, 0.29) is 11.7 Å². The number of Topliss-reactive ketones (excluding diaryl/α,β-unsaturated/α-hetero) is 1. The van der Waals surface area contributed by atoms with Crippen LogP contribution in [0.3, 0.4) is 0 Å². The molecular formula is C19H18N4O2. The van der Waals surface area contributed by atoms with Crippen molar-refractivity contribution in [1.82, 2.24) is 15.2 Å². The number of hydrogen-bond donors (Lipinski definition) is 2. The largest absolute Gasteiger partial charge is 0.322 e. The fraction of sp³-hybridized carbons (Fsp3) is 0.158. The highest BCUT2D eigenvalue weighted by molar-refractivity contribution is 6.05. The molecule has 0 radical (unpaired) electrons. The number of aryl methyl sites for hydroxylation is 2. The van der Waals surface area contributed by atoms with Gasteiger partial charge in [0.25, 0.3) is 5.91 Å². The van der Waals surface area contributed by atoms with Crippen LogP contribution in [0.4, 0.5) is 5.69 Å². The Bertz CT molecular complexity index is 942. The lowest BCUT2D eigenvalue weighted by Crippen LogP contribution is -2.12. The molecule has 1 amide bonds. The van der Waals surface area contributed by atoms with Gasteiger partial charge in [0.05, 0.1) is 0 Å². The van der Waals surface area contributed by atoms with Crippen LogP contribution >= 0.6 is 0 Å². The number of hydrogen-bond acceptors (Lipinski definition) is 4. The number of H-pyrrole nitrogens is 1. The summed E-state index contributed by atoms with van der Waals surface area (Å²) < 4.78 is 0. The molecule has 6 nitrogen and oxygen atoms in total. The average Bonchev–Trinajstić information content (AvgIpc) is 3.01. The molecule has 6 heteroatoms. The van der Waals surface area contributed by atoms with Crippen molar-refractivity contribution in [2.24, 2.45) is 0 Å². The summed E-state index contributed by atoms with van der Waals surface area (Å²) in [5, 5.41) is 9.73. The number of aromatic amines is 1. The molecule has 1 aromatic heterocycles. The van der Waals surface area contributed by atoms with Crippen LogP contribution in [0.25, 0.3) is 11.4 Å². The van der Waals surface area contributed by atoms with Gasteiger partial charge < -0.3 is 5.32 Å². The van der Waals surface area contributed by atoms with Crippen molar-refractivity contribution >= 4 is 17.4 Å². The molecule has 0 aliphatic carbocycles. The van der Waals surface area contributed by atoms with Gasteiger partial charge in [-0.1, -0.05) is 12.1 Å². The first-order valence-corrected chi connectivity index (χ1v) is 7.86. The Morgan fingerprint density at radius 3 is 2.32 bits per heavy atom. The Morgan fingerprint density at radius 2 is 1.76 bits per heavy atom. The SMILES string of the molecule is CC(=O)c1ccc(NC(=O)c2ccc(-c3n[nH]c(C)n3)cc2)cc1C. The maximum atomic E-state index is 12.4. The molecule has 1 heterocycles. The molecule has 126 valence electrons. The molecule has 0 bridgehead atoms. The molecular weight excluding hydrogens is 316 g/mol. The second-order valence-electron chi connectivity index (χ2n) is 5.86. The maximum absolute atomic E-state index is 12.4. The van der Waals surface area contributed by atoms with Gasteiger partial charge in [-0.05, 0) is 56.7 Å². The molecule has 25 heavy (non-hydrogen) atoms. The first-order chi connectivity index (χ1) is 11.9. The van der Waals surface area contributed by atoms with Gasteiger partial charge in [-0.25, -0.2) is 4.98 Å². The average molecular weight is 334 g/mol. The van der Waals surface area contributed by atoms with Gasteiger partial charge in [0, 0.05) is 22.4 Å². The maximum Gasteiger partial charge on any atom is 0.255 e. The van der Waals surface area contributed by atoms with E-state index in [2.05, 4.69) is 20.5 Å². The quantitative estimate of drug-likeness (QED) is 0.714. The van der Waals surface area contributed by atoms with Crippen molar-refractivity contribution in [3.05, 3.63) is 65.0 Å². The summed E-state index contributed by atoms with van der Waals surface area (Å²) in [5.41, 5.74) is 3.51. The van der Waals surface area contributed by atoms with Crippen molar-refractivity contribution in [2.45, 2.75) is 20.8 Å². The molecule has 0 aliphatic rings. The lowest BCUT2D eigenvalue weighted by atomic mass is 10.0. The van der Waals surface area contributed by atoms with Crippen LogP contribution in [0, 0.1) is 13.8 Å². The van der Waals surface area contributed by atoms with Crippen LogP contribution in [0.1, 0.15) is 39.0 Å². The molecule has 0 saturated carbocycles. The number of anilines is 1. The van der Waals surface area contributed by atoms with Crippen LogP contribution in [0.15, 0.2) is 42.5 Å². The van der Waals surface area contributed by atoms with Crippen molar-refractivity contribution in [3.8, 4) is 11.4 Å². The monoisotopic (exact) mass is 334 g/mol. The minimum Gasteiger partial charge on any atom is -0.322 e. The number of nitrogens with zero attached hydrogens (tertiary/aromatic N) is 2. The molecule has 3 rings (SSSR count). The summed E-state index contributed by atoms with van der Waals surface area (Å²) in [6.07, 6.45) is 0. The Morgan fingerprint density at radius 1 is 1.04 bits per heavy atom. The van der Waals surface area contributed by atoms with Crippen LogP contribution < -0.4 is 5.32 Å². The summed E-state index contributed by atoms with van der Waals surface area (Å²) in [6.45, 7) is 5.20. The van der Waals surface area contributed by atoms with E-state index in [0.29, 0.717) is 22.6 Å².